The highest BCUT2D eigenvalue weighted by molar-refractivity contribution is 5.92. The molecule has 76 valence electrons. The van der Waals surface area contributed by atoms with Crippen molar-refractivity contribution in [1.82, 2.24) is 19.6 Å². The van der Waals surface area contributed by atoms with Gasteiger partial charge in [0.05, 0.1) is 5.56 Å². The molecule has 3 rings (SSSR count). The summed E-state index contributed by atoms with van der Waals surface area (Å²) >= 11 is 0. The molecule has 15 heavy (non-hydrogen) atoms. The Hall–Kier alpha value is -1.98. The summed E-state index contributed by atoms with van der Waals surface area (Å²) in [5, 5.41) is 7.99. The lowest BCUT2D eigenvalue weighted by molar-refractivity contribution is 0.0999. The zero-order valence-electron chi connectivity index (χ0n) is 7.92. The van der Waals surface area contributed by atoms with Gasteiger partial charge in [-0.3, -0.25) is 9.20 Å². The van der Waals surface area contributed by atoms with Gasteiger partial charge in [-0.15, -0.1) is 10.2 Å². The summed E-state index contributed by atoms with van der Waals surface area (Å²) in [5.41, 5.74) is 5.56. The van der Waals surface area contributed by atoms with Gasteiger partial charge in [0.15, 0.2) is 0 Å². The first-order chi connectivity index (χ1) is 7.25. The van der Waals surface area contributed by atoms with Gasteiger partial charge in [0.2, 0.25) is 0 Å². The second-order valence-corrected chi connectivity index (χ2v) is 3.71. The fourth-order valence-electron chi connectivity index (χ4n) is 1.55. The second kappa shape index (κ2) is 2.75. The highest BCUT2D eigenvalue weighted by atomic mass is 16.1. The van der Waals surface area contributed by atoms with Gasteiger partial charge in [-0.05, 0) is 12.8 Å². The van der Waals surface area contributed by atoms with Crippen LogP contribution in [-0.2, 0) is 0 Å². The summed E-state index contributed by atoms with van der Waals surface area (Å²) in [6.45, 7) is 0. The van der Waals surface area contributed by atoms with Gasteiger partial charge in [-0.1, -0.05) is 0 Å². The monoisotopic (exact) mass is 203 g/mol. The van der Waals surface area contributed by atoms with Crippen molar-refractivity contribution in [3.8, 4) is 0 Å². The van der Waals surface area contributed by atoms with Crippen molar-refractivity contribution in [2.24, 2.45) is 5.73 Å². The Morgan fingerprint density at radius 1 is 1.47 bits per heavy atom. The van der Waals surface area contributed by atoms with Gasteiger partial charge in [0, 0.05) is 18.3 Å². The van der Waals surface area contributed by atoms with E-state index in [0.717, 1.165) is 18.7 Å². The molecule has 2 aromatic rings. The number of aromatic nitrogens is 4. The first-order valence-corrected chi connectivity index (χ1v) is 4.76. The summed E-state index contributed by atoms with van der Waals surface area (Å²) in [4.78, 5) is 15.0. The standard InChI is InChI=1S/C9H9N5O/c10-7(15)6-3-11-9-13-12-8(5-1-2-5)14(9)4-6/h3-5H,1-2H2,(H2,10,15). The maximum atomic E-state index is 11.0. The van der Waals surface area contributed by atoms with Crippen LogP contribution in [-0.4, -0.2) is 25.5 Å². The molecule has 0 unspecified atom stereocenters. The maximum Gasteiger partial charge on any atom is 0.255 e. The number of carbonyl (C=O) groups excluding carboxylic acids is 1. The van der Waals surface area contributed by atoms with Gasteiger partial charge in [-0.2, -0.15) is 0 Å². The lowest BCUT2D eigenvalue weighted by atomic mass is 10.3. The van der Waals surface area contributed by atoms with Crippen LogP contribution < -0.4 is 5.73 Å². The number of hydrogen-bond acceptors (Lipinski definition) is 4. The number of nitrogens with two attached hydrogens (primary N) is 1. The van der Waals surface area contributed by atoms with Crippen molar-refractivity contribution in [2.75, 3.05) is 0 Å². The number of amides is 1. The number of fused-ring (bicyclic) bond motifs is 1. The molecule has 2 heterocycles. The van der Waals surface area contributed by atoms with Crippen LogP contribution in [0.5, 0.6) is 0 Å². The van der Waals surface area contributed by atoms with Crippen LogP contribution in [0.1, 0.15) is 34.9 Å². The first-order valence-electron chi connectivity index (χ1n) is 4.76. The average Bonchev–Trinajstić information content (AvgIpc) is 2.98. The molecule has 1 aliphatic carbocycles. The largest absolute Gasteiger partial charge is 0.366 e. The van der Waals surface area contributed by atoms with E-state index in [1.165, 1.54) is 6.20 Å². The summed E-state index contributed by atoms with van der Waals surface area (Å²) in [6.07, 6.45) is 5.32. The van der Waals surface area contributed by atoms with E-state index in [4.69, 9.17) is 5.73 Å². The molecule has 0 aromatic carbocycles. The molecular weight excluding hydrogens is 194 g/mol. The third-order valence-electron chi connectivity index (χ3n) is 2.52. The molecule has 6 nitrogen and oxygen atoms in total. The van der Waals surface area contributed by atoms with Crippen LogP contribution in [0.25, 0.3) is 5.78 Å². The van der Waals surface area contributed by atoms with Crippen LogP contribution in [0.3, 0.4) is 0 Å². The molecule has 1 amide bonds. The quantitative estimate of drug-likeness (QED) is 0.750. The minimum Gasteiger partial charge on any atom is -0.366 e. The fraction of sp³-hybridized carbons (Fsp3) is 0.333. The van der Waals surface area contributed by atoms with E-state index in [0.29, 0.717) is 17.3 Å². The molecule has 6 heteroatoms. The average molecular weight is 203 g/mol. The number of nitrogens with zero attached hydrogens (tertiary/aromatic N) is 4. The van der Waals surface area contributed by atoms with Crippen LogP contribution in [0, 0.1) is 0 Å². The summed E-state index contributed by atoms with van der Waals surface area (Å²) in [7, 11) is 0. The van der Waals surface area contributed by atoms with Gasteiger partial charge in [0.1, 0.15) is 5.82 Å². The topological polar surface area (TPSA) is 86.2 Å². The van der Waals surface area contributed by atoms with Crippen LogP contribution in [0.2, 0.25) is 0 Å². The van der Waals surface area contributed by atoms with Crippen molar-refractivity contribution in [1.29, 1.82) is 0 Å². The van der Waals surface area contributed by atoms with E-state index in [-0.39, 0.29) is 0 Å². The van der Waals surface area contributed by atoms with E-state index >= 15 is 0 Å². The third-order valence-corrected chi connectivity index (χ3v) is 2.52. The van der Waals surface area contributed by atoms with Gasteiger partial charge in [-0.25, -0.2) is 4.98 Å². The smallest absolute Gasteiger partial charge is 0.255 e. The van der Waals surface area contributed by atoms with Gasteiger partial charge < -0.3 is 5.73 Å². The molecule has 0 spiro atoms. The van der Waals surface area contributed by atoms with E-state index in [1.54, 1.807) is 10.6 Å². The van der Waals surface area contributed by atoms with E-state index < -0.39 is 5.91 Å². The molecule has 0 radical (unpaired) electrons. The summed E-state index contributed by atoms with van der Waals surface area (Å²) in [5.74, 6) is 1.37. The number of carbonyl (C=O) groups is 1. The molecule has 2 N–H and O–H groups in total. The van der Waals surface area contributed by atoms with Crippen molar-refractivity contribution in [2.45, 2.75) is 18.8 Å². The fourth-order valence-corrected chi connectivity index (χ4v) is 1.55. The van der Waals surface area contributed by atoms with Crippen molar-refractivity contribution in [3.05, 3.63) is 23.8 Å². The van der Waals surface area contributed by atoms with Crippen molar-refractivity contribution in [3.63, 3.8) is 0 Å². The van der Waals surface area contributed by atoms with Crippen LogP contribution in [0.15, 0.2) is 12.4 Å². The molecule has 0 aliphatic heterocycles. The zero-order valence-corrected chi connectivity index (χ0v) is 7.92. The molecule has 1 fully saturated rings. The Balaban J connectivity index is 2.21. The zero-order chi connectivity index (χ0) is 10.4. The predicted molar refractivity (Wildman–Crippen MR) is 51.3 cm³/mol. The number of rotatable bonds is 2. The lowest BCUT2D eigenvalue weighted by Gasteiger charge is -1.98. The molecule has 0 bridgehead atoms. The highest BCUT2D eigenvalue weighted by Crippen LogP contribution is 2.38. The van der Waals surface area contributed by atoms with Gasteiger partial charge in [0.25, 0.3) is 11.7 Å². The van der Waals surface area contributed by atoms with Crippen LogP contribution in [0.4, 0.5) is 0 Å². The Morgan fingerprint density at radius 2 is 2.27 bits per heavy atom. The van der Waals surface area contributed by atoms with E-state index in [9.17, 15) is 4.79 Å². The highest BCUT2D eigenvalue weighted by Gasteiger charge is 2.28. The summed E-state index contributed by atoms with van der Waals surface area (Å²) < 4.78 is 1.75. The maximum absolute atomic E-state index is 11.0. The molecule has 0 atom stereocenters. The number of primary amides is 1. The SMILES string of the molecule is NC(=O)c1cnc2nnc(C3CC3)n2c1. The molecular formula is C9H9N5O. The summed E-state index contributed by atoms with van der Waals surface area (Å²) in [6, 6.07) is 0. The lowest BCUT2D eigenvalue weighted by Crippen LogP contribution is -2.12. The van der Waals surface area contributed by atoms with E-state index in [1.807, 2.05) is 0 Å². The normalized spacial score (nSPS) is 15.7. The Morgan fingerprint density at radius 3 is 2.93 bits per heavy atom. The molecule has 1 aliphatic rings. The Kier molecular flexibility index (Phi) is 1.53. The molecule has 0 saturated heterocycles. The Bertz CT molecular complexity index is 542. The predicted octanol–water partition coefficient (Wildman–Crippen LogP) is 0.101. The third kappa shape index (κ3) is 1.25. The van der Waals surface area contributed by atoms with Crippen molar-refractivity contribution < 1.29 is 4.79 Å². The molecule has 2 aromatic heterocycles. The Labute approximate surface area is 85.1 Å². The number of hydrogen-bond donors (Lipinski definition) is 1. The minimum atomic E-state index is -0.486. The second-order valence-electron chi connectivity index (χ2n) is 3.71. The van der Waals surface area contributed by atoms with Gasteiger partial charge >= 0.3 is 0 Å². The first kappa shape index (κ1) is 8.34. The molecule has 1 saturated carbocycles. The van der Waals surface area contributed by atoms with Crippen LogP contribution >= 0.6 is 0 Å². The van der Waals surface area contributed by atoms with E-state index in [2.05, 4.69) is 15.2 Å². The minimum absolute atomic E-state index is 0.379. The van der Waals surface area contributed by atoms with Crippen molar-refractivity contribution >= 4 is 11.7 Å².